The van der Waals surface area contributed by atoms with Crippen LogP contribution in [-0.2, 0) is 14.3 Å². The molecule has 2 rings (SSSR count). The SMILES string of the molecule is O=C(O)COCCOCCN1C(=O)c2ccccc2C1=O. The number of carboxylic acids is 1. The third-order valence-electron chi connectivity index (χ3n) is 2.93. The summed E-state index contributed by atoms with van der Waals surface area (Å²) in [6.07, 6.45) is 0. The Morgan fingerprint density at radius 1 is 1.00 bits per heavy atom. The topological polar surface area (TPSA) is 93.1 Å². The molecule has 0 unspecified atom stereocenters. The molecule has 0 radical (unpaired) electrons. The summed E-state index contributed by atoms with van der Waals surface area (Å²) >= 11 is 0. The maximum Gasteiger partial charge on any atom is 0.329 e. The largest absolute Gasteiger partial charge is 0.480 e. The minimum absolute atomic E-state index is 0.147. The summed E-state index contributed by atoms with van der Waals surface area (Å²) in [6.45, 7) is 0.319. The fraction of sp³-hybridized carbons (Fsp3) is 0.357. The number of carbonyl (C=O) groups excluding carboxylic acids is 2. The first-order valence-electron chi connectivity index (χ1n) is 6.44. The van der Waals surface area contributed by atoms with Crippen LogP contribution in [0.2, 0.25) is 0 Å². The van der Waals surface area contributed by atoms with Crippen LogP contribution in [-0.4, -0.2) is 60.8 Å². The van der Waals surface area contributed by atoms with Gasteiger partial charge >= 0.3 is 5.97 Å². The lowest BCUT2D eigenvalue weighted by molar-refractivity contribution is -0.142. The van der Waals surface area contributed by atoms with E-state index >= 15 is 0 Å². The lowest BCUT2D eigenvalue weighted by Gasteiger charge is -2.13. The van der Waals surface area contributed by atoms with Crippen molar-refractivity contribution >= 4 is 17.8 Å². The third kappa shape index (κ3) is 3.65. The zero-order chi connectivity index (χ0) is 15.2. The van der Waals surface area contributed by atoms with Gasteiger partial charge in [-0.25, -0.2) is 4.79 Å². The van der Waals surface area contributed by atoms with Crippen molar-refractivity contribution in [3.63, 3.8) is 0 Å². The predicted molar refractivity (Wildman–Crippen MR) is 71.1 cm³/mol. The number of ether oxygens (including phenoxy) is 2. The Balaban J connectivity index is 1.72. The van der Waals surface area contributed by atoms with Crippen molar-refractivity contribution in [2.24, 2.45) is 0 Å². The number of carboxylic acid groups (broad SMARTS) is 1. The Hall–Kier alpha value is -2.25. The molecule has 112 valence electrons. The van der Waals surface area contributed by atoms with Crippen molar-refractivity contribution in [2.45, 2.75) is 0 Å². The molecule has 1 aliphatic heterocycles. The number of fused-ring (bicyclic) bond motifs is 1. The van der Waals surface area contributed by atoms with Crippen LogP contribution in [0.3, 0.4) is 0 Å². The molecule has 2 amide bonds. The molecule has 1 aliphatic rings. The van der Waals surface area contributed by atoms with Gasteiger partial charge in [-0.3, -0.25) is 14.5 Å². The van der Waals surface area contributed by atoms with Gasteiger partial charge in [-0.2, -0.15) is 0 Å². The van der Waals surface area contributed by atoms with Gasteiger partial charge in [0.2, 0.25) is 0 Å². The number of aliphatic carboxylic acids is 1. The van der Waals surface area contributed by atoms with E-state index in [1.54, 1.807) is 24.3 Å². The minimum Gasteiger partial charge on any atom is -0.480 e. The molecule has 7 heteroatoms. The summed E-state index contributed by atoms with van der Waals surface area (Å²) < 4.78 is 10.00. The number of imide groups is 1. The molecule has 0 saturated carbocycles. The lowest BCUT2D eigenvalue weighted by atomic mass is 10.1. The number of nitrogens with zero attached hydrogens (tertiary/aromatic N) is 1. The summed E-state index contributed by atoms with van der Waals surface area (Å²) in [5.41, 5.74) is 0.819. The monoisotopic (exact) mass is 293 g/mol. The molecule has 1 aromatic carbocycles. The number of benzene rings is 1. The highest BCUT2D eigenvalue weighted by Gasteiger charge is 2.34. The van der Waals surface area contributed by atoms with Crippen molar-refractivity contribution < 1.29 is 29.0 Å². The average Bonchev–Trinajstić information content (AvgIpc) is 2.71. The zero-order valence-corrected chi connectivity index (χ0v) is 11.3. The second-order valence-corrected chi connectivity index (χ2v) is 4.37. The second-order valence-electron chi connectivity index (χ2n) is 4.37. The molecule has 0 spiro atoms. The van der Waals surface area contributed by atoms with Crippen LogP contribution < -0.4 is 0 Å². The molecule has 0 aliphatic carbocycles. The normalized spacial score (nSPS) is 13.6. The smallest absolute Gasteiger partial charge is 0.329 e. The highest BCUT2D eigenvalue weighted by molar-refractivity contribution is 6.21. The molecule has 0 saturated heterocycles. The van der Waals surface area contributed by atoms with E-state index < -0.39 is 5.97 Å². The summed E-state index contributed by atoms with van der Waals surface area (Å²) in [5.74, 6) is -1.68. The van der Waals surface area contributed by atoms with E-state index in [1.807, 2.05) is 0 Å². The Kier molecular flexibility index (Phi) is 5.02. The summed E-state index contributed by atoms with van der Waals surface area (Å²) in [4.78, 5) is 35.4. The van der Waals surface area contributed by atoms with Crippen LogP contribution in [0.4, 0.5) is 0 Å². The molecular formula is C14H15NO6. The Bertz CT molecular complexity index is 521. The van der Waals surface area contributed by atoms with E-state index in [0.717, 1.165) is 4.90 Å². The van der Waals surface area contributed by atoms with E-state index in [2.05, 4.69) is 0 Å². The van der Waals surface area contributed by atoms with Crippen LogP contribution in [0.15, 0.2) is 24.3 Å². The fourth-order valence-corrected chi connectivity index (χ4v) is 1.98. The fourth-order valence-electron chi connectivity index (χ4n) is 1.98. The van der Waals surface area contributed by atoms with Gasteiger partial charge in [-0.1, -0.05) is 12.1 Å². The van der Waals surface area contributed by atoms with Crippen molar-refractivity contribution in [2.75, 3.05) is 33.0 Å². The third-order valence-corrected chi connectivity index (χ3v) is 2.93. The number of amides is 2. The van der Waals surface area contributed by atoms with Gasteiger partial charge in [-0.05, 0) is 12.1 Å². The van der Waals surface area contributed by atoms with Crippen molar-refractivity contribution in [1.82, 2.24) is 4.90 Å². The number of hydrogen-bond donors (Lipinski definition) is 1. The molecule has 1 heterocycles. The van der Waals surface area contributed by atoms with Gasteiger partial charge in [0.25, 0.3) is 11.8 Å². The first kappa shape index (κ1) is 15.1. The Labute approximate surface area is 121 Å². The van der Waals surface area contributed by atoms with E-state index in [0.29, 0.717) is 11.1 Å². The Morgan fingerprint density at radius 3 is 2.14 bits per heavy atom. The Morgan fingerprint density at radius 2 is 1.57 bits per heavy atom. The van der Waals surface area contributed by atoms with Crippen LogP contribution in [0, 0.1) is 0 Å². The van der Waals surface area contributed by atoms with Crippen molar-refractivity contribution in [3.8, 4) is 0 Å². The molecule has 0 fully saturated rings. The summed E-state index contributed by atoms with van der Waals surface area (Å²) in [5, 5.41) is 8.36. The van der Waals surface area contributed by atoms with Crippen LogP contribution in [0.1, 0.15) is 20.7 Å². The lowest BCUT2D eigenvalue weighted by Crippen LogP contribution is -2.33. The van der Waals surface area contributed by atoms with Crippen LogP contribution in [0.5, 0.6) is 0 Å². The van der Waals surface area contributed by atoms with Gasteiger partial charge in [0.05, 0.1) is 37.5 Å². The van der Waals surface area contributed by atoms with Gasteiger partial charge in [0.15, 0.2) is 0 Å². The van der Waals surface area contributed by atoms with Crippen molar-refractivity contribution in [3.05, 3.63) is 35.4 Å². The van der Waals surface area contributed by atoms with E-state index in [4.69, 9.17) is 14.6 Å². The van der Waals surface area contributed by atoms with Crippen LogP contribution >= 0.6 is 0 Å². The molecule has 21 heavy (non-hydrogen) atoms. The van der Waals surface area contributed by atoms with Gasteiger partial charge in [0, 0.05) is 0 Å². The number of rotatable bonds is 8. The highest BCUT2D eigenvalue weighted by atomic mass is 16.5. The van der Waals surface area contributed by atoms with E-state index in [9.17, 15) is 14.4 Å². The molecule has 0 bridgehead atoms. The first-order chi connectivity index (χ1) is 10.1. The first-order valence-corrected chi connectivity index (χ1v) is 6.44. The van der Waals surface area contributed by atoms with Gasteiger partial charge in [-0.15, -0.1) is 0 Å². The van der Waals surface area contributed by atoms with E-state index in [-0.39, 0.29) is 44.8 Å². The number of carbonyl (C=O) groups is 3. The summed E-state index contributed by atoms with van der Waals surface area (Å²) in [7, 11) is 0. The number of hydrogen-bond acceptors (Lipinski definition) is 5. The molecular weight excluding hydrogens is 278 g/mol. The minimum atomic E-state index is -1.04. The predicted octanol–water partition coefficient (Wildman–Crippen LogP) is 0.400. The molecule has 7 nitrogen and oxygen atoms in total. The quantitative estimate of drug-likeness (QED) is 0.551. The molecule has 1 N–H and O–H groups in total. The van der Waals surface area contributed by atoms with E-state index in [1.165, 1.54) is 0 Å². The van der Waals surface area contributed by atoms with Crippen molar-refractivity contribution in [1.29, 1.82) is 0 Å². The molecule has 0 aromatic heterocycles. The maximum absolute atomic E-state index is 12.0. The molecule has 1 aromatic rings. The van der Waals surface area contributed by atoms with Crippen LogP contribution in [0.25, 0.3) is 0 Å². The maximum atomic E-state index is 12.0. The second kappa shape index (κ2) is 6.96. The average molecular weight is 293 g/mol. The zero-order valence-electron chi connectivity index (χ0n) is 11.3. The standard InChI is InChI=1S/C14H15NO6/c16-12(17)9-21-8-7-20-6-5-15-13(18)10-3-1-2-4-11(10)14(15)19/h1-4H,5-9H2,(H,16,17). The summed E-state index contributed by atoms with van der Waals surface area (Å²) in [6, 6.07) is 6.67. The molecule has 0 atom stereocenters. The highest BCUT2D eigenvalue weighted by Crippen LogP contribution is 2.21. The van der Waals surface area contributed by atoms with Gasteiger partial charge in [0.1, 0.15) is 6.61 Å². The van der Waals surface area contributed by atoms with Gasteiger partial charge < -0.3 is 14.6 Å².